The molecule has 0 saturated carbocycles. The summed E-state index contributed by atoms with van der Waals surface area (Å²) in [5.74, 6) is -1.43. The third kappa shape index (κ3) is 8.37. The number of benzene rings is 4. The Balaban J connectivity index is 1.37. The minimum absolute atomic E-state index is 0.0552. The third-order valence-electron chi connectivity index (χ3n) is 8.43. The summed E-state index contributed by atoms with van der Waals surface area (Å²) >= 11 is 0. The van der Waals surface area contributed by atoms with Crippen molar-refractivity contribution in [1.29, 1.82) is 0 Å². The molecule has 11 nitrogen and oxygen atoms in total. The second-order valence-electron chi connectivity index (χ2n) is 12.3. The van der Waals surface area contributed by atoms with Gasteiger partial charge in [0.25, 0.3) is 21.8 Å². The summed E-state index contributed by atoms with van der Waals surface area (Å²) in [7, 11) is -2.25. The molecule has 1 aliphatic rings. The Morgan fingerprint density at radius 1 is 1.04 bits per heavy atom. The van der Waals surface area contributed by atoms with E-state index < -0.39 is 33.9 Å². The molecule has 0 bridgehead atoms. The van der Waals surface area contributed by atoms with Crippen LogP contribution in [0.15, 0.2) is 95.9 Å². The van der Waals surface area contributed by atoms with E-state index in [0.29, 0.717) is 36.6 Å². The van der Waals surface area contributed by atoms with Crippen molar-refractivity contribution in [2.24, 2.45) is 5.92 Å². The fourth-order valence-electron chi connectivity index (χ4n) is 5.61. The summed E-state index contributed by atoms with van der Waals surface area (Å²) in [5.41, 5.74) is 8.57. The topological polar surface area (TPSA) is 154 Å². The molecule has 4 aromatic carbocycles. The number of fused-ring (bicyclic) bond motifs is 1. The highest BCUT2D eigenvalue weighted by atomic mass is 32.2. The van der Waals surface area contributed by atoms with Crippen molar-refractivity contribution in [2.45, 2.75) is 37.4 Å². The van der Waals surface area contributed by atoms with Crippen molar-refractivity contribution in [3.63, 3.8) is 0 Å². The number of rotatable bonds is 11. The molecular weight excluding hydrogens is 649 g/mol. The fourth-order valence-corrected chi connectivity index (χ4v) is 6.67. The van der Waals surface area contributed by atoms with E-state index in [1.165, 1.54) is 6.07 Å². The summed E-state index contributed by atoms with van der Waals surface area (Å²) in [6.45, 7) is 4.61. The van der Waals surface area contributed by atoms with Gasteiger partial charge < -0.3 is 25.8 Å². The van der Waals surface area contributed by atoms with Crippen molar-refractivity contribution in [3.8, 4) is 5.75 Å². The number of para-hydroxylation sites is 3. The van der Waals surface area contributed by atoms with Crippen LogP contribution in [0.25, 0.3) is 0 Å². The molecule has 4 aromatic rings. The Bertz CT molecular complexity index is 1910. The van der Waals surface area contributed by atoms with E-state index in [0.717, 1.165) is 29.8 Å². The number of aliphatic hydroxyl groups excluding tert-OH is 1. The zero-order valence-corrected chi connectivity index (χ0v) is 28.3. The number of likely N-dealkylation sites (N-methyl/N-ethyl adjacent to an activating group) is 1. The average molecular weight is 690 g/mol. The van der Waals surface area contributed by atoms with Gasteiger partial charge in [-0.3, -0.25) is 19.2 Å². The normalized spacial score (nSPS) is 17.0. The molecular formula is C36H40FN5O6S. The van der Waals surface area contributed by atoms with Gasteiger partial charge in [0, 0.05) is 31.1 Å². The zero-order valence-electron chi connectivity index (χ0n) is 27.5. The molecule has 258 valence electrons. The number of hydrogen-bond acceptors (Lipinski definition) is 8. The second kappa shape index (κ2) is 15.1. The van der Waals surface area contributed by atoms with Crippen LogP contribution in [0, 0.1) is 11.7 Å². The number of nitrogens with two attached hydrogens (primary N) is 1. The molecule has 0 spiro atoms. The summed E-state index contributed by atoms with van der Waals surface area (Å²) < 4.78 is 49.2. The predicted octanol–water partition coefficient (Wildman–Crippen LogP) is 4.81. The molecule has 2 amide bonds. The summed E-state index contributed by atoms with van der Waals surface area (Å²) in [4.78, 5) is 30.0. The standard InChI is InChI=1S/C36H40FN5O6S/c1-23-19-42(24(2)22-43)36(45)29-7-6-10-32(40-49(46,47)28-17-15-27(37)16-18-28)34(29)48-33(23)21-41(3)20-25-11-13-26(14-12-25)35(44)39-31-9-5-4-8-30(31)38/h4-18,23-24,33,40,43H,19-22,38H2,1-3H3,(H,39,44)/t23-,24-,33+/m1/s1. The van der Waals surface area contributed by atoms with Gasteiger partial charge in [-0.05, 0) is 80.2 Å². The van der Waals surface area contributed by atoms with Crippen LogP contribution < -0.4 is 20.5 Å². The number of aliphatic hydroxyl groups is 1. The number of carbonyl (C=O) groups excluding carboxylic acids is 2. The minimum atomic E-state index is -4.17. The molecule has 49 heavy (non-hydrogen) atoms. The maximum atomic E-state index is 13.8. The Morgan fingerprint density at radius 3 is 2.39 bits per heavy atom. The van der Waals surface area contributed by atoms with E-state index in [1.54, 1.807) is 60.4 Å². The maximum absolute atomic E-state index is 13.8. The maximum Gasteiger partial charge on any atom is 0.262 e. The van der Waals surface area contributed by atoms with Crippen LogP contribution in [0.3, 0.4) is 0 Å². The van der Waals surface area contributed by atoms with Crippen molar-refractivity contribution >= 4 is 38.9 Å². The summed E-state index contributed by atoms with van der Waals surface area (Å²) in [6, 6.07) is 22.7. The Morgan fingerprint density at radius 2 is 1.71 bits per heavy atom. The van der Waals surface area contributed by atoms with E-state index in [4.69, 9.17) is 10.5 Å². The van der Waals surface area contributed by atoms with Crippen LogP contribution in [-0.4, -0.2) is 74.0 Å². The predicted molar refractivity (Wildman–Crippen MR) is 186 cm³/mol. The first-order chi connectivity index (χ1) is 23.4. The second-order valence-corrected chi connectivity index (χ2v) is 14.0. The summed E-state index contributed by atoms with van der Waals surface area (Å²) in [6.07, 6.45) is -0.511. The number of anilines is 3. The third-order valence-corrected chi connectivity index (χ3v) is 9.81. The first-order valence-corrected chi connectivity index (χ1v) is 17.3. The van der Waals surface area contributed by atoms with Crippen LogP contribution >= 0.6 is 0 Å². The van der Waals surface area contributed by atoms with Crippen LogP contribution in [0.2, 0.25) is 0 Å². The Labute approximate surface area is 285 Å². The quantitative estimate of drug-likeness (QED) is 0.164. The molecule has 5 N–H and O–H groups in total. The lowest BCUT2D eigenvalue weighted by atomic mass is 9.99. The van der Waals surface area contributed by atoms with Crippen molar-refractivity contribution in [1.82, 2.24) is 9.80 Å². The first-order valence-electron chi connectivity index (χ1n) is 15.8. The number of ether oxygens (including phenoxy) is 1. The Kier molecular flexibility index (Phi) is 10.9. The summed E-state index contributed by atoms with van der Waals surface area (Å²) in [5, 5.41) is 12.8. The number of hydrogen-bond donors (Lipinski definition) is 4. The molecule has 0 fully saturated rings. The van der Waals surface area contributed by atoms with E-state index in [-0.39, 0.29) is 40.3 Å². The van der Waals surface area contributed by atoms with E-state index in [9.17, 15) is 27.5 Å². The molecule has 0 aliphatic carbocycles. The number of sulfonamides is 1. The number of amides is 2. The fraction of sp³-hybridized carbons (Fsp3) is 0.278. The lowest BCUT2D eigenvalue weighted by molar-refractivity contribution is 0.0344. The highest BCUT2D eigenvalue weighted by molar-refractivity contribution is 7.92. The lowest BCUT2D eigenvalue weighted by Gasteiger charge is -2.38. The molecule has 0 aromatic heterocycles. The van der Waals surface area contributed by atoms with Crippen molar-refractivity contribution in [3.05, 3.63) is 114 Å². The molecule has 1 aliphatic heterocycles. The molecule has 13 heteroatoms. The van der Waals surface area contributed by atoms with E-state index in [1.807, 2.05) is 31.0 Å². The number of nitrogen functional groups attached to an aromatic ring is 1. The van der Waals surface area contributed by atoms with E-state index in [2.05, 4.69) is 10.0 Å². The number of carbonyl (C=O) groups is 2. The molecule has 1 heterocycles. The highest BCUT2D eigenvalue weighted by Gasteiger charge is 2.35. The van der Waals surface area contributed by atoms with Gasteiger partial charge in [-0.15, -0.1) is 0 Å². The average Bonchev–Trinajstić information content (AvgIpc) is 3.07. The van der Waals surface area contributed by atoms with Crippen molar-refractivity contribution in [2.75, 3.05) is 42.5 Å². The smallest absolute Gasteiger partial charge is 0.262 e. The van der Waals surface area contributed by atoms with Crippen molar-refractivity contribution < 1.29 is 32.2 Å². The van der Waals surface area contributed by atoms with Gasteiger partial charge >= 0.3 is 0 Å². The van der Waals surface area contributed by atoms with Gasteiger partial charge in [0.2, 0.25) is 0 Å². The molecule has 0 radical (unpaired) electrons. The van der Waals surface area contributed by atoms with Gasteiger partial charge in [0.05, 0.1) is 40.2 Å². The molecule has 0 unspecified atom stereocenters. The first kappa shape index (κ1) is 35.3. The van der Waals surface area contributed by atoms with Gasteiger partial charge in [-0.2, -0.15) is 0 Å². The minimum Gasteiger partial charge on any atom is -0.486 e. The molecule has 5 rings (SSSR count). The number of nitrogens with one attached hydrogen (secondary N) is 2. The molecule has 0 saturated heterocycles. The number of nitrogens with zero attached hydrogens (tertiary/aromatic N) is 2. The van der Waals surface area contributed by atoms with Crippen LogP contribution in [0.1, 0.15) is 40.1 Å². The zero-order chi connectivity index (χ0) is 35.3. The van der Waals surface area contributed by atoms with Gasteiger partial charge in [0.1, 0.15) is 11.9 Å². The van der Waals surface area contributed by atoms with Gasteiger partial charge in [0.15, 0.2) is 5.75 Å². The van der Waals surface area contributed by atoms with E-state index >= 15 is 0 Å². The molecule has 3 atom stereocenters. The highest BCUT2D eigenvalue weighted by Crippen LogP contribution is 2.36. The Hall–Kier alpha value is -4.98. The van der Waals surface area contributed by atoms with Gasteiger partial charge in [-0.25, -0.2) is 12.8 Å². The van der Waals surface area contributed by atoms with Crippen LogP contribution in [0.4, 0.5) is 21.5 Å². The van der Waals surface area contributed by atoms with Gasteiger partial charge in [-0.1, -0.05) is 37.3 Å². The van der Waals surface area contributed by atoms with Crippen LogP contribution in [-0.2, 0) is 16.6 Å². The SMILES string of the molecule is C[C@@H]1CN([C@H](C)CO)C(=O)c2cccc(NS(=O)(=O)c3ccc(F)cc3)c2O[C@H]1CN(C)Cc1ccc(C(=O)Nc2ccccc2N)cc1. The number of halogens is 1. The lowest BCUT2D eigenvalue weighted by Crippen LogP contribution is -2.49. The largest absolute Gasteiger partial charge is 0.486 e. The van der Waals surface area contributed by atoms with Crippen LogP contribution in [0.5, 0.6) is 5.75 Å². The monoisotopic (exact) mass is 689 g/mol.